The molecule has 0 fully saturated rings. The summed E-state index contributed by atoms with van der Waals surface area (Å²) in [5.74, 6) is 0.133. The summed E-state index contributed by atoms with van der Waals surface area (Å²) < 4.78 is 0. The van der Waals surface area contributed by atoms with Gasteiger partial charge >= 0.3 is 0 Å². The summed E-state index contributed by atoms with van der Waals surface area (Å²) in [6, 6.07) is 6.52. The standard InChI is InChI=1S/C13H16ClN5O2/c1-3-11(13(20)17-21-4-2)19-16-12(15-18-19)9-5-7-10(14)8-6-9/h5-8,11H,3-4H2,1-2H3,(H,17,20). The Labute approximate surface area is 127 Å². The first-order chi connectivity index (χ1) is 10.2. The summed E-state index contributed by atoms with van der Waals surface area (Å²) in [6.07, 6.45) is 0.523. The highest BCUT2D eigenvalue weighted by Gasteiger charge is 2.22. The number of carbonyl (C=O) groups is 1. The van der Waals surface area contributed by atoms with Crippen LogP contribution in [0, 0.1) is 0 Å². The fourth-order valence-corrected chi connectivity index (χ4v) is 1.86. The number of amides is 1. The first-order valence-electron chi connectivity index (χ1n) is 6.62. The van der Waals surface area contributed by atoms with Crippen molar-refractivity contribution in [2.24, 2.45) is 0 Å². The van der Waals surface area contributed by atoms with Gasteiger partial charge in [-0.15, -0.1) is 10.2 Å². The van der Waals surface area contributed by atoms with Crippen molar-refractivity contribution >= 4 is 17.5 Å². The zero-order valence-corrected chi connectivity index (χ0v) is 12.5. The van der Waals surface area contributed by atoms with Gasteiger partial charge in [0, 0.05) is 10.6 Å². The van der Waals surface area contributed by atoms with Gasteiger partial charge in [0.05, 0.1) is 6.61 Å². The van der Waals surface area contributed by atoms with Gasteiger partial charge in [0.25, 0.3) is 5.91 Å². The van der Waals surface area contributed by atoms with Crippen LogP contribution in [0.4, 0.5) is 0 Å². The summed E-state index contributed by atoms with van der Waals surface area (Å²) in [7, 11) is 0. The van der Waals surface area contributed by atoms with Crippen LogP contribution in [0.25, 0.3) is 11.4 Å². The predicted octanol–water partition coefficient (Wildman–Crippen LogP) is 2.01. The fourth-order valence-electron chi connectivity index (χ4n) is 1.74. The van der Waals surface area contributed by atoms with Crippen LogP contribution >= 0.6 is 11.6 Å². The van der Waals surface area contributed by atoms with E-state index in [1.54, 1.807) is 31.2 Å². The van der Waals surface area contributed by atoms with Crippen molar-refractivity contribution in [3.63, 3.8) is 0 Å². The second kappa shape index (κ2) is 7.14. The normalized spacial score (nSPS) is 12.1. The number of benzene rings is 1. The lowest BCUT2D eigenvalue weighted by atomic mass is 10.2. The highest BCUT2D eigenvalue weighted by molar-refractivity contribution is 6.30. The molecular weight excluding hydrogens is 294 g/mol. The van der Waals surface area contributed by atoms with Gasteiger partial charge in [-0.05, 0) is 42.8 Å². The lowest BCUT2D eigenvalue weighted by molar-refractivity contribution is -0.137. The van der Waals surface area contributed by atoms with E-state index >= 15 is 0 Å². The number of carbonyl (C=O) groups excluding carboxylic acids is 1. The van der Waals surface area contributed by atoms with Crippen LogP contribution in [0.5, 0.6) is 0 Å². The van der Waals surface area contributed by atoms with Crippen molar-refractivity contribution in [3.05, 3.63) is 29.3 Å². The third-order valence-electron chi connectivity index (χ3n) is 2.82. The van der Waals surface area contributed by atoms with Gasteiger partial charge in [0.2, 0.25) is 5.82 Å². The molecule has 0 bridgehead atoms. The first-order valence-corrected chi connectivity index (χ1v) is 7.00. The van der Waals surface area contributed by atoms with Gasteiger partial charge in [-0.2, -0.15) is 4.80 Å². The average molecular weight is 310 g/mol. The van der Waals surface area contributed by atoms with Crippen molar-refractivity contribution in [1.29, 1.82) is 0 Å². The lowest BCUT2D eigenvalue weighted by Crippen LogP contribution is -2.33. The maximum Gasteiger partial charge on any atom is 0.270 e. The smallest absolute Gasteiger partial charge is 0.270 e. The quantitative estimate of drug-likeness (QED) is 0.825. The van der Waals surface area contributed by atoms with Crippen LogP contribution in [-0.2, 0) is 9.63 Å². The van der Waals surface area contributed by atoms with E-state index in [-0.39, 0.29) is 5.91 Å². The van der Waals surface area contributed by atoms with Gasteiger partial charge in [0.15, 0.2) is 6.04 Å². The summed E-state index contributed by atoms with van der Waals surface area (Å²) in [4.78, 5) is 18.1. The molecule has 0 radical (unpaired) electrons. The molecule has 21 heavy (non-hydrogen) atoms. The van der Waals surface area contributed by atoms with Gasteiger partial charge in [-0.1, -0.05) is 18.5 Å². The third kappa shape index (κ3) is 3.77. The average Bonchev–Trinajstić information content (AvgIpc) is 2.96. The highest BCUT2D eigenvalue weighted by atomic mass is 35.5. The van der Waals surface area contributed by atoms with Gasteiger partial charge < -0.3 is 0 Å². The number of tetrazole rings is 1. The zero-order chi connectivity index (χ0) is 15.2. The summed E-state index contributed by atoms with van der Waals surface area (Å²) in [6.45, 7) is 4.04. The molecular formula is C13H16ClN5O2. The Morgan fingerprint density at radius 3 is 2.71 bits per heavy atom. The molecule has 8 heteroatoms. The predicted molar refractivity (Wildman–Crippen MR) is 77.4 cm³/mol. The number of halogens is 1. The lowest BCUT2D eigenvalue weighted by Gasteiger charge is -2.12. The Morgan fingerprint density at radius 1 is 1.38 bits per heavy atom. The van der Waals surface area contributed by atoms with Crippen molar-refractivity contribution < 1.29 is 9.63 Å². The molecule has 0 spiro atoms. The minimum atomic E-state index is -0.565. The zero-order valence-electron chi connectivity index (χ0n) is 11.8. The number of hydroxylamine groups is 1. The van der Waals surface area contributed by atoms with E-state index in [2.05, 4.69) is 20.9 Å². The van der Waals surface area contributed by atoms with E-state index in [1.165, 1.54) is 4.80 Å². The molecule has 1 aromatic heterocycles. The van der Waals surface area contributed by atoms with Crippen LogP contribution in [-0.4, -0.2) is 32.7 Å². The summed E-state index contributed by atoms with van der Waals surface area (Å²) in [5.41, 5.74) is 3.14. The van der Waals surface area contributed by atoms with Crippen LogP contribution in [0.2, 0.25) is 5.02 Å². The van der Waals surface area contributed by atoms with Crippen LogP contribution in [0.3, 0.4) is 0 Å². The van der Waals surface area contributed by atoms with E-state index < -0.39 is 6.04 Å². The number of aromatic nitrogens is 4. The molecule has 1 N–H and O–H groups in total. The maximum absolute atomic E-state index is 11.9. The molecule has 2 aromatic rings. The molecule has 1 aromatic carbocycles. The van der Waals surface area contributed by atoms with Gasteiger partial charge in [0.1, 0.15) is 0 Å². The fraction of sp³-hybridized carbons (Fsp3) is 0.385. The molecule has 0 aliphatic heterocycles. The van der Waals surface area contributed by atoms with Gasteiger partial charge in [-0.25, -0.2) is 5.48 Å². The van der Waals surface area contributed by atoms with E-state index in [9.17, 15) is 4.79 Å². The van der Waals surface area contributed by atoms with Crippen molar-refractivity contribution in [3.8, 4) is 11.4 Å². The van der Waals surface area contributed by atoms with E-state index in [0.717, 1.165) is 5.56 Å². The molecule has 0 saturated heterocycles. The number of hydrogen-bond acceptors (Lipinski definition) is 5. The minimum Gasteiger partial charge on any atom is -0.274 e. The number of nitrogens with zero attached hydrogens (tertiary/aromatic N) is 4. The number of rotatable bonds is 6. The second-order valence-electron chi connectivity index (χ2n) is 4.26. The third-order valence-corrected chi connectivity index (χ3v) is 3.07. The molecule has 7 nitrogen and oxygen atoms in total. The molecule has 1 atom stereocenters. The Bertz CT molecular complexity index is 599. The minimum absolute atomic E-state index is 0.306. The number of hydrogen-bond donors (Lipinski definition) is 1. The SMILES string of the molecule is CCONC(=O)C(CC)n1nnc(-c2ccc(Cl)cc2)n1. The molecule has 1 heterocycles. The molecule has 2 rings (SSSR count). The van der Waals surface area contributed by atoms with E-state index in [0.29, 0.717) is 23.9 Å². The highest BCUT2D eigenvalue weighted by Crippen LogP contribution is 2.18. The molecule has 0 aliphatic carbocycles. The molecule has 1 amide bonds. The summed E-state index contributed by atoms with van der Waals surface area (Å²) in [5, 5.41) is 12.8. The topological polar surface area (TPSA) is 81.9 Å². The van der Waals surface area contributed by atoms with E-state index in [4.69, 9.17) is 16.4 Å². The maximum atomic E-state index is 11.9. The number of nitrogens with one attached hydrogen (secondary N) is 1. The Balaban J connectivity index is 2.17. The molecule has 0 aliphatic rings. The first kappa shape index (κ1) is 15.4. The van der Waals surface area contributed by atoms with Crippen LogP contribution < -0.4 is 5.48 Å². The Kier molecular flexibility index (Phi) is 5.24. The van der Waals surface area contributed by atoms with Crippen LogP contribution in [0.15, 0.2) is 24.3 Å². The molecule has 1 unspecified atom stereocenters. The van der Waals surface area contributed by atoms with Crippen molar-refractivity contribution in [2.45, 2.75) is 26.3 Å². The van der Waals surface area contributed by atoms with Gasteiger partial charge in [-0.3, -0.25) is 9.63 Å². The largest absolute Gasteiger partial charge is 0.274 e. The summed E-state index contributed by atoms with van der Waals surface area (Å²) >= 11 is 5.84. The Morgan fingerprint density at radius 2 is 2.10 bits per heavy atom. The van der Waals surface area contributed by atoms with Crippen molar-refractivity contribution in [1.82, 2.24) is 25.7 Å². The van der Waals surface area contributed by atoms with Crippen molar-refractivity contribution in [2.75, 3.05) is 6.61 Å². The van der Waals surface area contributed by atoms with E-state index in [1.807, 2.05) is 6.92 Å². The molecule has 112 valence electrons. The second-order valence-corrected chi connectivity index (χ2v) is 4.70. The monoisotopic (exact) mass is 309 g/mol. The molecule has 0 saturated carbocycles. The Hall–Kier alpha value is -1.99. The van der Waals surface area contributed by atoms with Crippen LogP contribution in [0.1, 0.15) is 26.3 Å².